The van der Waals surface area contributed by atoms with Crippen molar-refractivity contribution in [1.29, 1.82) is 0 Å². The highest BCUT2D eigenvalue weighted by Crippen LogP contribution is 2.47. The smallest absolute Gasteiger partial charge is 0.426 e. The average molecular weight is 344 g/mol. The monoisotopic (exact) mass is 344 g/mol. The second-order valence-corrected chi connectivity index (χ2v) is 5.29. The second-order valence-electron chi connectivity index (χ2n) is 4.13. The van der Waals surface area contributed by atoms with Crippen LogP contribution in [0.15, 0.2) is 38.4 Å². The summed E-state index contributed by atoms with van der Waals surface area (Å²) in [5.41, 5.74) is -1.64. The third-order valence-corrected chi connectivity index (χ3v) is 3.61. The highest BCUT2D eigenvalue weighted by atomic mass is 32.2. The first-order valence-corrected chi connectivity index (χ1v) is 6.38. The second kappa shape index (κ2) is 5.41. The Hall–Kier alpha value is -1.84. The van der Waals surface area contributed by atoms with Gasteiger partial charge in [0, 0.05) is 0 Å². The summed E-state index contributed by atoms with van der Waals surface area (Å²) in [6, 6.07) is 5.25. The SMILES string of the molecule is O=c1oc2ccccc2c(O)c1SC(F)(F)[C@H](F)C(F)(F)F. The van der Waals surface area contributed by atoms with E-state index in [0.717, 1.165) is 0 Å². The van der Waals surface area contributed by atoms with E-state index in [1.54, 1.807) is 0 Å². The van der Waals surface area contributed by atoms with Crippen LogP contribution in [-0.4, -0.2) is 22.7 Å². The fraction of sp³-hybridized carbons (Fsp3) is 0.250. The molecule has 1 N–H and O–H groups in total. The van der Waals surface area contributed by atoms with E-state index in [0.29, 0.717) is 0 Å². The van der Waals surface area contributed by atoms with E-state index in [2.05, 4.69) is 4.42 Å². The van der Waals surface area contributed by atoms with Crippen LogP contribution in [0.2, 0.25) is 0 Å². The van der Waals surface area contributed by atoms with Crippen LogP contribution >= 0.6 is 11.8 Å². The minimum Gasteiger partial charge on any atom is -0.506 e. The summed E-state index contributed by atoms with van der Waals surface area (Å²) in [6.07, 6.45) is -10.3. The highest BCUT2D eigenvalue weighted by molar-refractivity contribution is 8.00. The van der Waals surface area contributed by atoms with Gasteiger partial charge in [-0.1, -0.05) is 12.1 Å². The molecule has 0 aliphatic carbocycles. The Morgan fingerprint density at radius 1 is 1.14 bits per heavy atom. The molecule has 0 radical (unpaired) electrons. The maximum atomic E-state index is 13.3. The van der Waals surface area contributed by atoms with Gasteiger partial charge in [-0.05, 0) is 23.9 Å². The van der Waals surface area contributed by atoms with Crippen LogP contribution in [0.1, 0.15) is 0 Å². The molecule has 22 heavy (non-hydrogen) atoms. The Morgan fingerprint density at radius 2 is 1.73 bits per heavy atom. The summed E-state index contributed by atoms with van der Waals surface area (Å²) in [5, 5.41) is 4.59. The van der Waals surface area contributed by atoms with Gasteiger partial charge in [0.25, 0.3) is 6.17 Å². The van der Waals surface area contributed by atoms with E-state index in [4.69, 9.17) is 0 Å². The molecule has 2 rings (SSSR count). The van der Waals surface area contributed by atoms with E-state index >= 15 is 0 Å². The van der Waals surface area contributed by atoms with Crippen molar-refractivity contribution in [3.8, 4) is 5.75 Å². The minimum absolute atomic E-state index is 0.148. The topological polar surface area (TPSA) is 50.4 Å². The Bertz CT molecular complexity index is 755. The van der Waals surface area contributed by atoms with Crippen molar-refractivity contribution in [3.05, 3.63) is 34.7 Å². The van der Waals surface area contributed by atoms with Crippen LogP contribution < -0.4 is 5.63 Å². The minimum atomic E-state index is -5.82. The lowest BCUT2D eigenvalue weighted by molar-refractivity contribution is -0.219. The molecule has 0 aliphatic rings. The Balaban J connectivity index is 2.50. The van der Waals surface area contributed by atoms with Crippen LogP contribution in [0, 0.1) is 0 Å². The molecule has 120 valence electrons. The van der Waals surface area contributed by atoms with Crippen LogP contribution in [0.3, 0.4) is 0 Å². The van der Waals surface area contributed by atoms with Gasteiger partial charge in [0.2, 0.25) is 0 Å². The molecule has 1 heterocycles. The molecule has 0 saturated carbocycles. The largest absolute Gasteiger partial charge is 0.506 e. The number of halogens is 6. The van der Waals surface area contributed by atoms with Gasteiger partial charge in [-0.2, -0.15) is 22.0 Å². The third-order valence-electron chi connectivity index (χ3n) is 2.57. The van der Waals surface area contributed by atoms with Crippen LogP contribution in [0.25, 0.3) is 11.0 Å². The number of hydrogen-bond acceptors (Lipinski definition) is 4. The molecule has 0 fully saturated rings. The van der Waals surface area contributed by atoms with E-state index in [1.807, 2.05) is 0 Å². The Labute approximate surface area is 122 Å². The number of para-hydroxylation sites is 1. The molecule has 1 atom stereocenters. The lowest BCUT2D eigenvalue weighted by Crippen LogP contribution is -2.39. The first-order chi connectivity index (χ1) is 10.0. The van der Waals surface area contributed by atoms with E-state index in [9.17, 15) is 36.2 Å². The van der Waals surface area contributed by atoms with E-state index < -0.39 is 45.6 Å². The predicted molar refractivity (Wildman–Crippen MR) is 65.9 cm³/mol. The Morgan fingerprint density at radius 3 is 2.32 bits per heavy atom. The molecule has 0 spiro atoms. The summed E-state index contributed by atoms with van der Waals surface area (Å²) >= 11 is -1.04. The normalized spacial score (nSPS) is 14.3. The van der Waals surface area contributed by atoms with Crippen molar-refractivity contribution < 1.29 is 35.9 Å². The van der Waals surface area contributed by atoms with Gasteiger partial charge >= 0.3 is 17.1 Å². The molecule has 1 aromatic heterocycles. The predicted octanol–water partition coefficient (Wildman–Crippen LogP) is 4.08. The molecule has 0 aliphatic heterocycles. The number of thioether (sulfide) groups is 1. The highest BCUT2D eigenvalue weighted by Gasteiger charge is 2.58. The summed E-state index contributed by atoms with van der Waals surface area (Å²) in [4.78, 5) is 10.3. The molecular formula is C12H6F6O3S. The van der Waals surface area contributed by atoms with E-state index in [-0.39, 0.29) is 11.0 Å². The Kier molecular flexibility index (Phi) is 4.07. The number of alkyl halides is 6. The van der Waals surface area contributed by atoms with Crippen molar-refractivity contribution >= 4 is 22.7 Å². The lowest BCUT2D eigenvalue weighted by Gasteiger charge is -2.21. The zero-order chi connectivity index (χ0) is 16.7. The standard InChI is InChI=1S/C12H6F6O3S/c13-10(11(14,15)16)12(17,18)22-8-7(19)5-3-1-2-4-6(5)21-9(8)20/h1-4,10,19H/t10-/m1/s1. The van der Waals surface area contributed by atoms with Crippen LogP contribution in [0.5, 0.6) is 5.75 Å². The van der Waals surface area contributed by atoms with Crippen LogP contribution in [-0.2, 0) is 0 Å². The molecule has 0 unspecified atom stereocenters. The first kappa shape index (κ1) is 16.5. The first-order valence-electron chi connectivity index (χ1n) is 5.56. The molecule has 3 nitrogen and oxygen atoms in total. The maximum Gasteiger partial charge on any atom is 0.426 e. The third kappa shape index (κ3) is 3.01. The van der Waals surface area contributed by atoms with Gasteiger partial charge in [0.15, 0.2) is 0 Å². The maximum absolute atomic E-state index is 13.3. The van der Waals surface area contributed by atoms with Crippen LogP contribution in [0.4, 0.5) is 26.3 Å². The molecule has 0 saturated heterocycles. The van der Waals surface area contributed by atoms with Crippen molar-refractivity contribution in [2.24, 2.45) is 0 Å². The number of aromatic hydroxyl groups is 1. The number of rotatable bonds is 3. The summed E-state index contributed by atoms with van der Waals surface area (Å²) < 4.78 is 80.3. The molecule has 1 aromatic carbocycles. The zero-order valence-corrected chi connectivity index (χ0v) is 11.1. The van der Waals surface area contributed by atoms with Gasteiger partial charge in [0.05, 0.1) is 5.39 Å². The van der Waals surface area contributed by atoms with Crippen molar-refractivity contribution in [2.45, 2.75) is 22.5 Å². The van der Waals surface area contributed by atoms with Gasteiger partial charge in [-0.25, -0.2) is 9.18 Å². The molecule has 0 amide bonds. The van der Waals surface area contributed by atoms with Crippen molar-refractivity contribution in [3.63, 3.8) is 0 Å². The van der Waals surface area contributed by atoms with Crippen molar-refractivity contribution in [2.75, 3.05) is 0 Å². The summed E-state index contributed by atoms with van der Waals surface area (Å²) in [5.74, 6) is -0.995. The average Bonchev–Trinajstić information content (AvgIpc) is 2.41. The quantitative estimate of drug-likeness (QED) is 0.518. The number of benzene rings is 1. The summed E-state index contributed by atoms with van der Waals surface area (Å²) in [7, 11) is 0. The zero-order valence-electron chi connectivity index (χ0n) is 10.3. The molecule has 2 aromatic rings. The molecule has 10 heteroatoms. The van der Waals surface area contributed by atoms with Gasteiger partial charge in [-0.3, -0.25) is 0 Å². The lowest BCUT2D eigenvalue weighted by atomic mass is 10.2. The fourth-order valence-electron chi connectivity index (χ4n) is 1.58. The number of fused-ring (bicyclic) bond motifs is 1. The summed E-state index contributed by atoms with van der Waals surface area (Å²) in [6.45, 7) is 0. The fourth-order valence-corrected chi connectivity index (χ4v) is 2.43. The van der Waals surface area contributed by atoms with Gasteiger partial charge in [0.1, 0.15) is 16.2 Å². The van der Waals surface area contributed by atoms with Gasteiger partial charge in [-0.15, -0.1) is 0 Å². The number of hydrogen-bond donors (Lipinski definition) is 1. The van der Waals surface area contributed by atoms with Gasteiger partial charge < -0.3 is 9.52 Å². The molecule has 0 bridgehead atoms. The molecular weight excluding hydrogens is 338 g/mol. The van der Waals surface area contributed by atoms with Crippen molar-refractivity contribution in [1.82, 2.24) is 0 Å². The van der Waals surface area contributed by atoms with E-state index in [1.165, 1.54) is 24.3 Å².